The van der Waals surface area contributed by atoms with Gasteiger partial charge in [-0.2, -0.15) is 0 Å². The van der Waals surface area contributed by atoms with Gasteiger partial charge in [-0.1, -0.05) is 6.92 Å². The van der Waals surface area contributed by atoms with Crippen LogP contribution in [-0.4, -0.2) is 15.2 Å². The standard InChI is InChI=1S/C4H6O4S2.Na/c1-2-3(5)4(2)10(7,9)8-6;/h2,4,6H,1H3;/q;+1/p-1. The Morgan fingerprint density at radius 3 is 2.18 bits per heavy atom. The molecule has 1 fully saturated rings. The van der Waals surface area contributed by atoms with Crippen LogP contribution >= 0.6 is 0 Å². The fraction of sp³-hybridized carbons (Fsp3) is 0.750. The minimum absolute atomic E-state index is 0. The van der Waals surface area contributed by atoms with E-state index < -0.39 is 14.0 Å². The Hall–Kier alpha value is 0.960. The largest absolute Gasteiger partial charge is 1.00 e. The summed E-state index contributed by atoms with van der Waals surface area (Å²) in [5, 5.41) is 8.86. The van der Waals surface area contributed by atoms with Gasteiger partial charge in [0.1, 0.15) is 14.0 Å². The molecule has 0 aromatic carbocycles. The number of hydrogen-bond donors (Lipinski definition) is 0. The van der Waals surface area contributed by atoms with Gasteiger partial charge in [-0.3, -0.25) is 4.79 Å². The third-order valence-electron chi connectivity index (χ3n) is 1.48. The van der Waals surface area contributed by atoms with Crippen molar-refractivity contribution in [2.75, 3.05) is 0 Å². The third kappa shape index (κ3) is 2.21. The van der Waals surface area contributed by atoms with Crippen molar-refractivity contribution in [1.82, 2.24) is 0 Å². The Bertz CT molecular complexity index is 259. The maximum absolute atomic E-state index is 10.8. The molecule has 0 radical (unpaired) electrons. The van der Waals surface area contributed by atoms with Crippen molar-refractivity contribution in [1.29, 1.82) is 0 Å². The molecule has 1 rings (SSSR count). The second-order valence-electron chi connectivity index (χ2n) is 2.17. The van der Waals surface area contributed by atoms with Crippen molar-refractivity contribution in [3.63, 3.8) is 0 Å². The molecule has 11 heavy (non-hydrogen) atoms. The molecule has 0 bridgehead atoms. The van der Waals surface area contributed by atoms with Crippen molar-refractivity contribution in [3.05, 3.63) is 0 Å². The molecule has 0 N–H and O–H groups in total. The maximum atomic E-state index is 10.8. The van der Waals surface area contributed by atoms with Crippen molar-refractivity contribution in [3.8, 4) is 0 Å². The fourth-order valence-corrected chi connectivity index (χ4v) is 2.69. The molecule has 0 aromatic heterocycles. The monoisotopic (exact) mass is 204 g/mol. The first-order valence-corrected chi connectivity index (χ1v) is 5.07. The molecule has 3 atom stereocenters. The molecule has 58 valence electrons. The summed E-state index contributed by atoms with van der Waals surface area (Å²) in [5.74, 6) is -0.602. The van der Waals surface area contributed by atoms with Crippen LogP contribution in [0.25, 0.3) is 0 Å². The van der Waals surface area contributed by atoms with E-state index in [4.69, 9.17) is 0 Å². The van der Waals surface area contributed by atoms with Crippen LogP contribution in [0.3, 0.4) is 0 Å². The second-order valence-corrected chi connectivity index (χ2v) is 5.20. The third-order valence-corrected chi connectivity index (χ3v) is 3.72. The van der Waals surface area contributed by atoms with E-state index in [1.807, 2.05) is 0 Å². The molecule has 0 aliphatic heterocycles. The van der Waals surface area contributed by atoms with Crippen LogP contribution in [0, 0.1) is 5.92 Å². The van der Waals surface area contributed by atoms with Gasteiger partial charge in [0.2, 0.25) is 0 Å². The van der Waals surface area contributed by atoms with Crippen molar-refractivity contribution in [2.24, 2.45) is 5.92 Å². The van der Waals surface area contributed by atoms with Gasteiger partial charge in [-0.05, 0) is 0 Å². The number of carbonyl (C=O) groups excluding carboxylic acids is 1. The zero-order chi connectivity index (χ0) is 7.94. The first-order chi connectivity index (χ1) is 4.50. The Morgan fingerprint density at radius 2 is 2.09 bits per heavy atom. The molecule has 0 amide bonds. The molecule has 3 unspecified atom stereocenters. The zero-order valence-electron chi connectivity index (χ0n) is 6.10. The van der Waals surface area contributed by atoms with Crippen LogP contribution in [0.2, 0.25) is 0 Å². The smallest absolute Gasteiger partial charge is 0.709 e. The summed E-state index contributed by atoms with van der Waals surface area (Å²) in [7, 11) is -3.30. The van der Waals surface area contributed by atoms with Crippen LogP contribution in [-0.2, 0) is 29.1 Å². The van der Waals surface area contributed by atoms with E-state index in [0.717, 1.165) is 0 Å². The summed E-state index contributed by atoms with van der Waals surface area (Å²) in [5.41, 5.74) is 0. The van der Waals surface area contributed by atoms with Crippen LogP contribution in [0.4, 0.5) is 0 Å². The van der Waals surface area contributed by atoms with E-state index in [1.54, 1.807) is 6.92 Å². The Balaban J connectivity index is 0.000001000. The maximum Gasteiger partial charge on any atom is 1.00 e. The number of carbonyl (C=O) groups is 1. The van der Waals surface area contributed by atoms with Gasteiger partial charge in [0.25, 0.3) is 0 Å². The minimum Gasteiger partial charge on any atom is -0.709 e. The summed E-state index contributed by atoms with van der Waals surface area (Å²) < 4.78 is 14.1. The van der Waals surface area contributed by atoms with Crippen LogP contribution < -0.4 is 34.8 Å². The molecule has 1 aliphatic carbocycles. The van der Waals surface area contributed by atoms with E-state index in [2.05, 4.69) is 15.5 Å². The Kier molecular flexibility index (Phi) is 4.11. The zero-order valence-corrected chi connectivity index (χ0v) is 9.74. The van der Waals surface area contributed by atoms with Crippen molar-refractivity contribution >= 4 is 25.7 Å². The number of ketones is 1. The normalized spacial score (nSPS) is 33.8. The molecule has 0 heterocycles. The molecular formula is C4H5NaO4S2. The van der Waals surface area contributed by atoms with Gasteiger partial charge in [-0.15, -0.1) is 0 Å². The molecule has 0 aromatic rings. The van der Waals surface area contributed by atoms with Gasteiger partial charge in [0.15, 0.2) is 5.78 Å². The number of rotatable bonds is 2. The topological polar surface area (TPSA) is 66.4 Å². The van der Waals surface area contributed by atoms with Crippen LogP contribution in [0.5, 0.6) is 0 Å². The Labute approximate surface area is 91.4 Å². The molecule has 4 nitrogen and oxygen atoms in total. The summed E-state index contributed by atoms with van der Waals surface area (Å²) in [6, 6.07) is 0. The first kappa shape index (κ1) is 12.0. The predicted molar refractivity (Wildman–Crippen MR) is 34.6 cm³/mol. The SMILES string of the molecule is CC1C(=O)C1S(=O)(=S)O[O-].[Na+]. The van der Waals surface area contributed by atoms with Gasteiger partial charge >= 0.3 is 29.6 Å². The summed E-state index contributed by atoms with van der Waals surface area (Å²) in [6.07, 6.45) is 0. The van der Waals surface area contributed by atoms with Crippen LogP contribution in [0.15, 0.2) is 0 Å². The average molecular weight is 204 g/mol. The molecule has 7 heteroatoms. The summed E-state index contributed by atoms with van der Waals surface area (Å²) in [6.45, 7) is 1.57. The minimum atomic E-state index is -3.30. The van der Waals surface area contributed by atoms with Crippen molar-refractivity contribution in [2.45, 2.75) is 12.2 Å². The molecule has 1 aliphatic rings. The second kappa shape index (κ2) is 3.78. The number of hydrogen-bond acceptors (Lipinski definition) is 5. The Morgan fingerprint density at radius 1 is 1.73 bits per heavy atom. The fourth-order valence-electron chi connectivity index (χ4n) is 0.768. The van der Waals surface area contributed by atoms with Crippen LogP contribution in [0.1, 0.15) is 6.92 Å². The van der Waals surface area contributed by atoms with Gasteiger partial charge in [-0.25, -0.2) is 4.21 Å². The van der Waals surface area contributed by atoms with Gasteiger partial charge in [0.05, 0.1) is 0 Å². The van der Waals surface area contributed by atoms with E-state index >= 15 is 0 Å². The van der Waals surface area contributed by atoms with E-state index in [1.165, 1.54) is 0 Å². The van der Waals surface area contributed by atoms with E-state index in [0.29, 0.717) is 0 Å². The van der Waals surface area contributed by atoms with E-state index in [9.17, 15) is 14.3 Å². The van der Waals surface area contributed by atoms with Gasteiger partial charge < -0.3 is 9.59 Å². The quantitative estimate of drug-likeness (QED) is 0.258. The predicted octanol–water partition coefficient (Wildman–Crippen LogP) is -4.47. The first-order valence-electron chi connectivity index (χ1n) is 2.59. The number of Topliss-reactive ketones (excluding diaryl/α,β-unsaturated/α-hetero) is 1. The average Bonchev–Trinajstić information content (AvgIpc) is 2.42. The summed E-state index contributed by atoms with van der Waals surface area (Å²) in [4.78, 5) is 10.6. The van der Waals surface area contributed by atoms with Crippen molar-refractivity contribution < 1.29 is 48.2 Å². The molecule has 1 saturated carbocycles. The van der Waals surface area contributed by atoms with E-state index in [-0.39, 0.29) is 41.3 Å². The molecular weight excluding hydrogens is 199 g/mol. The van der Waals surface area contributed by atoms with Gasteiger partial charge in [0, 0.05) is 17.1 Å². The summed E-state index contributed by atoms with van der Waals surface area (Å²) >= 11 is 4.26. The molecule has 0 saturated heterocycles. The molecule has 0 spiro atoms.